The summed E-state index contributed by atoms with van der Waals surface area (Å²) in [5.41, 5.74) is 0. The fourth-order valence-corrected chi connectivity index (χ4v) is 0. The zero-order valence-electron chi connectivity index (χ0n) is 2.67. The Labute approximate surface area is 161 Å². The van der Waals surface area contributed by atoms with E-state index in [-0.39, 0.29) is 126 Å². The van der Waals surface area contributed by atoms with Gasteiger partial charge < -0.3 is 0 Å². The van der Waals surface area contributed by atoms with E-state index in [0.717, 1.165) is 0 Å². The predicted molar refractivity (Wildman–Crippen MR) is 19.9 cm³/mol. The zero-order chi connectivity index (χ0) is 4.00. The summed E-state index contributed by atoms with van der Waals surface area (Å²) in [5.74, 6) is 0. The van der Waals surface area contributed by atoms with E-state index < -0.39 is 0 Å². The molecule has 0 aromatic heterocycles. The monoisotopic (exact) mass is 495 g/mol. The van der Waals surface area contributed by atoms with Crippen molar-refractivity contribution in [3.8, 4) is 0 Å². The predicted octanol–water partition coefficient (Wildman–Crippen LogP) is -2.34. The van der Waals surface area contributed by atoms with Gasteiger partial charge in [-0.1, -0.05) is 0 Å². The van der Waals surface area contributed by atoms with Crippen molar-refractivity contribution >= 4 is 55.1 Å². The molecule has 0 aromatic carbocycles. The third kappa shape index (κ3) is 45.0. The summed E-state index contributed by atoms with van der Waals surface area (Å²) in [6, 6.07) is 0. The van der Waals surface area contributed by atoms with Crippen molar-refractivity contribution < 1.29 is 110 Å². The third-order valence-electron chi connectivity index (χ3n) is 0. The molecule has 0 bridgehead atoms. The number of rotatable bonds is 0. The topological polar surface area (TPSA) is 34.1 Å². The maximum absolute atomic E-state index is 8.06. The van der Waals surface area contributed by atoms with Crippen molar-refractivity contribution in [3.63, 3.8) is 0 Å². The minimum atomic E-state index is 0. The molecule has 2 nitrogen and oxygen atoms in total. The van der Waals surface area contributed by atoms with Crippen molar-refractivity contribution in [2.24, 2.45) is 0 Å². The van der Waals surface area contributed by atoms with E-state index in [9.17, 15) is 0 Å². The van der Waals surface area contributed by atoms with E-state index in [0.29, 0.717) is 0 Å². The van der Waals surface area contributed by atoms with Crippen molar-refractivity contribution in [2.45, 2.75) is 0 Å². The van der Waals surface area contributed by atoms with Crippen LogP contribution in [0.2, 0.25) is 0 Å². The van der Waals surface area contributed by atoms with E-state index in [4.69, 9.17) is 7.73 Å². The summed E-state index contributed by atoms with van der Waals surface area (Å²) in [6.07, 6.45) is 0. The third-order valence-corrected chi connectivity index (χ3v) is 0. The van der Waals surface area contributed by atoms with Crippen molar-refractivity contribution in [3.05, 3.63) is 0 Å². The molecule has 0 aliphatic carbocycles. The molecule has 0 atom stereocenters. The molecule has 0 saturated carbocycles. The maximum atomic E-state index is 8.06. The first-order valence-corrected chi connectivity index (χ1v) is 1.17. The first kappa shape index (κ1) is 38.6. The van der Waals surface area contributed by atoms with Gasteiger partial charge in [0, 0.05) is 71.2 Å². The van der Waals surface area contributed by atoms with Crippen molar-refractivity contribution in [2.75, 3.05) is 0 Å². The summed E-state index contributed by atoms with van der Waals surface area (Å²) >= 11 is 4.31. The van der Waals surface area contributed by atoms with Crippen LogP contribution < -0.4 is 0 Å². The first-order chi connectivity index (χ1) is 2.00. The molecule has 0 aromatic rings. The number of hydrogen-bond acceptors (Lipinski definition) is 2. The van der Waals surface area contributed by atoms with Crippen molar-refractivity contribution in [1.29, 1.82) is 0 Å². The van der Waals surface area contributed by atoms with Crippen LogP contribution in [-0.2, 0) is 39.1 Å². The Morgan fingerprint density at radius 1 is 1.00 bits per heavy atom. The van der Waals surface area contributed by atoms with Gasteiger partial charge in [0.1, 0.15) is 0 Å². The molecule has 0 spiro atoms. The fraction of sp³-hybridized carbons (Fsp3) is 0. The summed E-state index contributed by atoms with van der Waals surface area (Å²) in [5, 5.41) is 0. The van der Waals surface area contributed by atoms with Crippen LogP contribution in [0.15, 0.2) is 0 Å². The Bertz CT molecular complexity index is 22.0. The molecule has 8 heteroatoms. The molecule has 0 aliphatic rings. The van der Waals surface area contributed by atoms with Gasteiger partial charge in [-0.15, -0.1) is 0 Å². The Hall–Kier alpha value is 4.79. The second kappa shape index (κ2) is 59.8. The molecule has 0 unspecified atom stereocenters. The molecule has 0 fully saturated rings. The standard InChI is InChI=1S/Al.Ca.2La.Mn.Ni.2O.5H. The summed E-state index contributed by atoms with van der Waals surface area (Å²) in [4.78, 5) is 0. The number of hydrogen-bond donors (Lipinski definition) is 0. The fourth-order valence-electron chi connectivity index (χ4n) is 0. The van der Waals surface area contributed by atoms with Gasteiger partial charge in [-0.05, 0) is 0 Å². The molecule has 2 radical (unpaired) electrons. The average molecular weight is 496 g/mol. The van der Waals surface area contributed by atoms with Gasteiger partial charge in [0.2, 0.25) is 0 Å². The second-order valence-corrected chi connectivity index (χ2v) is 0. The van der Waals surface area contributed by atoms with Gasteiger partial charge >= 0.3 is 76.8 Å². The average Bonchev–Trinajstić information content (AvgIpc) is 1.50. The Morgan fingerprint density at radius 2 is 1.00 bits per heavy atom. The Morgan fingerprint density at radius 3 is 1.00 bits per heavy atom. The van der Waals surface area contributed by atoms with Gasteiger partial charge in [0.05, 0.1) is 0 Å². The zero-order valence-corrected chi connectivity index (χ0v) is 12.1. The summed E-state index contributed by atoms with van der Waals surface area (Å²) in [7, 11) is 0. The van der Waals surface area contributed by atoms with Crippen LogP contribution in [0, 0.1) is 71.2 Å². The van der Waals surface area contributed by atoms with Crippen LogP contribution in [0.25, 0.3) is 0 Å². The normalized spacial score (nSPS) is 1.25. The van der Waals surface area contributed by atoms with Crippen LogP contribution in [0.1, 0.15) is 0 Å². The molecule has 0 rings (SSSR count). The minimum absolute atomic E-state index is 0. The molecule has 8 heavy (non-hydrogen) atoms. The van der Waals surface area contributed by atoms with E-state index in [1.807, 2.05) is 0 Å². The molecule has 0 heterocycles. The van der Waals surface area contributed by atoms with Crippen LogP contribution in [-0.4, -0.2) is 55.1 Å². The van der Waals surface area contributed by atoms with Gasteiger partial charge in [0.25, 0.3) is 0 Å². The Kier molecular flexibility index (Phi) is 288. The van der Waals surface area contributed by atoms with Gasteiger partial charge in [-0.3, -0.25) is 0 Å². The quantitative estimate of drug-likeness (QED) is 0.353. The summed E-state index contributed by atoms with van der Waals surface area (Å²) in [6.45, 7) is 0. The van der Waals surface area contributed by atoms with Crippen molar-refractivity contribution in [1.82, 2.24) is 0 Å². The van der Waals surface area contributed by atoms with Gasteiger partial charge in [-0.2, -0.15) is 0 Å². The molecule has 45 valence electrons. The van der Waals surface area contributed by atoms with Gasteiger partial charge in [-0.25, -0.2) is 0 Å². The van der Waals surface area contributed by atoms with E-state index in [1.165, 1.54) is 0 Å². The SMILES string of the molecule is [AlH3].[CaH2].[La].[La].[O]=[Mn].[O]=[Ni]. The van der Waals surface area contributed by atoms with Crippen LogP contribution >= 0.6 is 0 Å². The van der Waals surface area contributed by atoms with Gasteiger partial charge in [0.15, 0.2) is 17.4 Å². The molecular weight excluding hydrogens is 491 g/mol. The summed E-state index contributed by atoms with van der Waals surface area (Å²) < 4.78 is 15.9. The van der Waals surface area contributed by atoms with E-state index in [2.05, 4.69) is 15.4 Å². The molecular formula is H5AlCaLa2MnNiO2. The molecule has 0 N–H and O–H groups in total. The first-order valence-electron chi connectivity index (χ1n) is 0.283. The second-order valence-electron chi connectivity index (χ2n) is 0. The molecule has 0 amide bonds. The van der Waals surface area contributed by atoms with Crippen LogP contribution in [0.4, 0.5) is 0 Å². The van der Waals surface area contributed by atoms with E-state index in [1.54, 1.807) is 15.9 Å². The van der Waals surface area contributed by atoms with E-state index >= 15 is 0 Å². The molecule has 0 aliphatic heterocycles. The van der Waals surface area contributed by atoms with Crippen LogP contribution in [0.3, 0.4) is 0 Å². The molecule has 0 saturated heterocycles. The Balaban J connectivity index is -0.00000000167. The van der Waals surface area contributed by atoms with Crippen LogP contribution in [0.5, 0.6) is 0 Å².